The van der Waals surface area contributed by atoms with Crippen LogP contribution in [0.15, 0.2) is 9.85 Å². The largest absolute Gasteiger partial charge is 0.351 e. The fraction of sp³-hybridized carbons (Fsp3) is 0.545. The third kappa shape index (κ3) is 4.44. The van der Waals surface area contributed by atoms with Gasteiger partial charge in [0.05, 0.1) is 8.66 Å². The highest BCUT2D eigenvalue weighted by Crippen LogP contribution is 2.27. The molecule has 0 saturated heterocycles. The van der Waals surface area contributed by atoms with Gasteiger partial charge in [0.1, 0.15) is 0 Å². The number of nitrogens with one attached hydrogen (secondary N) is 1. The molecule has 0 aliphatic rings. The number of carbonyl (C=O) groups is 1. The van der Waals surface area contributed by atoms with E-state index in [9.17, 15) is 4.79 Å². The minimum absolute atomic E-state index is 0.000950. The summed E-state index contributed by atoms with van der Waals surface area (Å²) >= 11 is 10.7. The zero-order valence-electron chi connectivity index (χ0n) is 9.35. The van der Waals surface area contributed by atoms with Crippen LogP contribution in [-0.2, 0) is 0 Å². The van der Waals surface area contributed by atoms with E-state index in [1.165, 1.54) is 11.3 Å². The molecule has 16 heavy (non-hydrogen) atoms. The van der Waals surface area contributed by atoms with Crippen molar-refractivity contribution >= 4 is 44.8 Å². The quantitative estimate of drug-likeness (QED) is 0.645. The average Bonchev–Trinajstić information content (AvgIpc) is 2.54. The number of amides is 1. The summed E-state index contributed by atoms with van der Waals surface area (Å²) < 4.78 is 1.02. The molecule has 2 nitrogen and oxygen atoms in total. The molecule has 0 aliphatic carbocycles. The molecule has 0 aromatic carbocycles. The molecule has 0 saturated carbocycles. The first-order valence-corrected chi connectivity index (χ1v) is 7.23. The molecule has 0 fully saturated rings. The van der Waals surface area contributed by atoms with Crippen molar-refractivity contribution in [1.82, 2.24) is 5.32 Å². The van der Waals surface area contributed by atoms with Gasteiger partial charge in [0.2, 0.25) is 0 Å². The second kappa shape index (κ2) is 6.62. The highest BCUT2D eigenvalue weighted by atomic mass is 79.9. The van der Waals surface area contributed by atoms with Gasteiger partial charge in [0, 0.05) is 11.9 Å². The summed E-state index contributed by atoms with van der Waals surface area (Å²) in [6.07, 6.45) is 1.84. The topological polar surface area (TPSA) is 29.1 Å². The Hall–Kier alpha value is -0.0600. The first kappa shape index (κ1) is 14.0. The second-order valence-electron chi connectivity index (χ2n) is 3.75. The van der Waals surface area contributed by atoms with Crippen LogP contribution in [0.4, 0.5) is 0 Å². The van der Waals surface area contributed by atoms with Crippen LogP contribution in [0.3, 0.4) is 0 Å². The Morgan fingerprint density at radius 1 is 1.69 bits per heavy atom. The number of thiophene rings is 1. The first-order chi connectivity index (χ1) is 7.50. The van der Waals surface area contributed by atoms with Crippen molar-refractivity contribution in [1.29, 1.82) is 0 Å². The van der Waals surface area contributed by atoms with Crippen molar-refractivity contribution in [3.05, 3.63) is 20.3 Å². The van der Waals surface area contributed by atoms with E-state index in [0.29, 0.717) is 6.54 Å². The zero-order chi connectivity index (χ0) is 12.1. The van der Waals surface area contributed by atoms with E-state index in [2.05, 4.69) is 21.2 Å². The summed E-state index contributed by atoms with van der Waals surface area (Å²) in [4.78, 5) is 12.5. The second-order valence-corrected chi connectivity index (χ2v) is 6.86. The van der Waals surface area contributed by atoms with Gasteiger partial charge in [-0.05, 0) is 54.2 Å². The lowest BCUT2D eigenvalue weighted by Crippen LogP contribution is -2.23. The predicted octanol–water partition coefficient (Wildman–Crippen LogP) is 3.96. The molecule has 1 unspecified atom stereocenters. The van der Waals surface area contributed by atoms with E-state index < -0.39 is 0 Å². The Morgan fingerprint density at radius 3 is 2.88 bits per heavy atom. The molecule has 1 N–H and O–H groups in total. The Bertz CT molecular complexity index is 345. The lowest BCUT2D eigenvalue weighted by molar-refractivity contribution is 0.0957. The summed E-state index contributed by atoms with van der Waals surface area (Å²) in [6.45, 7) is 4.63. The van der Waals surface area contributed by atoms with Crippen LogP contribution in [0.2, 0.25) is 0 Å². The van der Waals surface area contributed by atoms with Gasteiger partial charge >= 0.3 is 0 Å². The number of hydrogen-bond donors (Lipinski definition) is 1. The molecule has 1 aromatic heterocycles. The Kier molecular flexibility index (Phi) is 5.79. The van der Waals surface area contributed by atoms with Crippen LogP contribution in [0.5, 0.6) is 0 Å². The fourth-order valence-corrected chi connectivity index (χ4v) is 2.85. The van der Waals surface area contributed by atoms with Crippen molar-refractivity contribution in [2.45, 2.75) is 32.1 Å². The molecule has 1 atom stereocenters. The number of aryl methyl sites for hydroxylation is 1. The van der Waals surface area contributed by atoms with Gasteiger partial charge in [-0.15, -0.1) is 22.9 Å². The summed E-state index contributed by atoms with van der Waals surface area (Å²) in [6, 6.07) is 1.90. The van der Waals surface area contributed by atoms with Crippen LogP contribution >= 0.6 is 38.9 Å². The smallest absolute Gasteiger partial charge is 0.261 e. The molecule has 0 bridgehead atoms. The Morgan fingerprint density at radius 2 is 2.38 bits per heavy atom. The third-order valence-electron chi connectivity index (χ3n) is 2.15. The molecule has 0 spiro atoms. The van der Waals surface area contributed by atoms with Crippen LogP contribution < -0.4 is 5.32 Å². The number of carbonyl (C=O) groups excluding carboxylic acids is 1. The molecule has 0 aliphatic heterocycles. The molecular weight excluding hydrogens is 310 g/mol. The lowest BCUT2D eigenvalue weighted by Gasteiger charge is -2.04. The average molecular weight is 325 g/mol. The minimum atomic E-state index is 0.000950. The van der Waals surface area contributed by atoms with E-state index >= 15 is 0 Å². The maximum Gasteiger partial charge on any atom is 0.261 e. The normalized spacial score (nSPS) is 12.5. The van der Waals surface area contributed by atoms with E-state index in [0.717, 1.165) is 27.1 Å². The van der Waals surface area contributed by atoms with E-state index in [1.54, 1.807) is 0 Å². The standard InChI is InChI=1S/C11H15BrClNOS/c1-7-6-9(16-10(7)12)11(15)14-5-3-4-8(2)13/h6,8H,3-5H2,1-2H3,(H,14,15). The van der Waals surface area contributed by atoms with Crippen molar-refractivity contribution in [2.75, 3.05) is 6.54 Å². The fourth-order valence-electron chi connectivity index (χ4n) is 1.24. The summed E-state index contributed by atoms with van der Waals surface area (Å²) in [5.41, 5.74) is 1.10. The van der Waals surface area contributed by atoms with E-state index in [-0.39, 0.29) is 11.3 Å². The summed E-state index contributed by atoms with van der Waals surface area (Å²) in [5, 5.41) is 3.06. The Balaban J connectivity index is 2.35. The van der Waals surface area contributed by atoms with Crippen molar-refractivity contribution in [3.63, 3.8) is 0 Å². The van der Waals surface area contributed by atoms with Crippen LogP contribution in [0, 0.1) is 6.92 Å². The van der Waals surface area contributed by atoms with Gasteiger partial charge in [-0.1, -0.05) is 0 Å². The van der Waals surface area contributed by atoms with Crippen molar-refractivity contribution in [2.24, 2.45) is 0 Å². The Labute approximate surface area is 114 Å². The monoisotopic (exact) mass is 323 g/mol. The predicted molar refractivity (Wildman–Crippen MR) is 73.6 cm³/mol. The van der Waals surface area contributed by atoms with Crippen molar-refractivity contribution < 1.29 is 4.79 Å². The molecule has 1 rings (SSSR count). The van der Waals surface area contributed by atoms with Gasteiger partial charge in [0.25, 0.3) is 5.91 Å². The molecule has 1 aromatic rings. The number of rotatable bonds is 5. The molecule has 0 radical (unpaired) electrons. The van der Waals surface area contributed by atoms with Gasteiger partial charge in [-0.2, -0.15) is 0 Å². The highest BCUT2D eigenvalue weighted by molar-refractivity contribution is 9.11. The molecule has 5 heteroatoms. The number of alkyl halides is 1. The molecule has 1 amide bonds. The van der Waals surface area contributed by atoms with Gasteiger partial charge in [0.15, 0.2) is 0 Å². The van der Waals surface area contributed by atoms with Gasteiger partial charge in [-0.3, -0.25) is 4.79 Å². The van der Waals surface area contributed by atoms with Gasteiger partial charge in [-0.25, -0.2) is 0 Å². The van der Waals surface area contributed by atoms with E-state index in [1.807, 2.05) is 19.9 Å². The van der Waals surface area contributed by atoms with E-state index in [4.69, 9.17) is 11.6 Å². The van der Waals surface area contributed by atoms with Gasteiger partial charge < -0.3 is 5.32 Å². The molecular formula is C11H15BrClNOS. The summed E-state index contributed by atoms with van der Waals surface area (Å²) in [7, 11) is 0. The number of halogens is 2. The minimum Gasteiger partial charge on any atom is -0.351 e. The van der Waals surface area contributed by atoms with Crippen LogP contribution in [-0.4, -0.2) is 17.8 Å². The van der Waals surface area contributed by atoms with Crippen LogP contribution in [0.25, 0.3) is 0 Å². The maximum atomic E-state index is 11.7. The zero-order valence-corrected chi connectivity index (χ0v) is 12.5. The highest BCUT2D eigenvalue weighted by Gasteiger charge is 2.10. The lowest BCUT2D eigenvalue weighted by atomic mass is 10.2. The molecule has 1 heterocycles. The van der Waals surface area contributed by atoms with Crippen molar-refractivity contribution in [3.8, 4) is 0 Å². The maximum absolute atomic E-state index is 11.7. The van der Waals surface area contributed by atoms with Crippen LogP contribution in [0.1, 0.15) is 35.0 Å². The molecule has 90 valence electrons. The SMILES string of the molecule is Cc1cc(C(=O)NCCCC(C)Cl)sc1Br. The first-order valence-electron chi connectivity index (χ1n) is 5.19. The third-order valence-corrected chi connectivity index (χ3v) is 4.50. The number of hydrogen-bond acceptors (Lipinski definition) is 2. The summed E-state index contributed by atoms with van der Waals surface area (Å²) in [5.74, 6) is 0.000950.